The molecule has 2 aliphatic carbocycles. The van der Waals surface area contributed by atoms with Crippen molar-refractivity contribution in [3.05, 3.63) is 82.4 Å². The van der Waals surface area contributed by atoms with Crippen LogP contribution in [-0.4, -0.2) is 49.9 Å². The second-order valence-corrected chi connectivity index (χ2v) is 9.20. The average Bonchev–Trinajstić information content (AvgIpc) is 3.18. The highest BCUT2D eigenvalue weighted by Gasteiger charge is 2.30. The Hall–Kier alpha value is -3.89. The summed E-state index contributed by atoms with van der Waals surface area (Å²) in [5, 5.41) is 9.03. The molecule has 1 aromatic carbocycles. The van der Waals surface area contributed by atoms with Gasteiger partial charge in [0.05, 0.1) is 23.0 Å². The van der Waals surface area contributed by atoms with Crippen molar-refractivity contribution in [2.75, 3.05) is 32.5 Å². The maximum Gasteiger partial charge on any atom is 0.296 e. The van der Waals surface area contributed by atoms with E-state index in [9.17, 15) is 14.0 Å². The highest BCUT2D eigenvalue weighted by molar-refractivity contribution is 6.32. The number of hydrogen-bond acceptors (Lipinski definition) is 4. The minimum atomic E-state index is -0.347. The largest absolute Gasteiger partial charge is 0.377 e. The molecule has 3 N–H and O–H groups in total. The zero-order valence-electron chi connectivity index (χ0n) is 20.9. The Morgan fingerprint density at radius 1 is 1.25 bits per heavy atom. The van der Waals surface area contributed by atoms with E-state index in [0.717, 1.165) is 24.0 Å². The molecule has 0 saturated carbocycles. The second-order valence-electron chi connectivity index (χ2n) is 9.20. The number of carbonyl (C=O) groups is 2. The van der Waals surface area contributed by atoms with E-state index in [-0.39, 0.29) is 30.1 Å². The first-order valence-corrected chi connectivity index (χ1v) is 12.2. The van der Waals surface area contributed by atoms with Gasteiger partial charge in [-0.3, -0.25) is 9.59 Å². The summed E-state index contributed by atoms with van der Waals surface area (Å²) in [4.78, 5) is 26.8. The summed E-state index contributed by atoms with van der Waals surface area (Å²) >= 11 is 0. The molecule has 0 spiro atoms. The van der Waals surface area contributed by atoms with Crippen molar-refractivity contribution < 1.29 is 14.0 Å². The highest BCUT2D eigenvalue weighted by atomic mass is 19.1. The fraction of sp³-hybridized carbons (Fsp3) is 0.310. The van der Waals surface area contributed by atoms with Crippen molar-refractivity contribution in [2.24, 2.45) is 0 Å². The van der Waals surface area contributed by atoms with Gasteiger partial charge in [-0.25, -0.2) is 4.39 Å². The molecule has 0 bridgehead atoms. The van der Waals surface area contributed by atoms with Gasteiger partial charge in [0.1, 0.15) is 5.83 Å². The first-order chi connectivity index (χ1) is 17.4. The molecule has 36 heavy (non-hydrogen) atoms. The van der Waals surface area contributed by atoms with Gasteiger partial charge in [0.2, 0.25) is 0 Å². The standard InChI is InChI=1S/C29H31FN4O2/c1-4-31-26(35)15-11-19-10-14-23-25(16-19)33-29(36)27(23)28(20-8-6-5-7-9-20)32-22-13-12-21(18-34(2)3)24(30)17-22/h6,8-10,12-14,16,22,32H,4-5,7,17-18H2,1-3H3,(H,31,35)(H,33,36)/b28-27-. The van der Waals surface area contributed by atoms with Crippen molar-refractivity contribution in [3.63, 3.8) is 0 Å². The van der Waals surface area contributed by atoms with E-state index in [4.69, 9.17) is 0 Å². The van der Waals surface area contributed by atoms with Crippen LogP contribution < -0.4 is 16.0 Å². The molecule has 186 valence electrons. The molecule has 4 rings (SSSR count). The van der Waals surface area contributed by atoms with Crippen molar-refractivity contribution in [3.8, 4) is 11.8 Å². The van der Waals surface area contributed by atoms with Gasteiger partial charge in [-0.05, 0) is 57.1 Å². The molecule has 1 aromatic rings. The van der Waals surface area contributed by atoms with Gasteiger partial charge in [-0.1, -0.05) is 42.4 Å². The Morgan fingerprint density at radius 2 is 2.08 bits per heavy atom. The third-order valence-corrected chi connectivity index (χ3v) is 6.05. The fourth-order valence-corrected chi connectivity index (χ4v) is 4.41. The number of benzene rings is 1. The van der Waals surface area contributed by atoms with Crippen LogP contribution in [-0.2, 0) is 9.59 Å². The molecule has 6 nitrogen and oxygen atoms in total. The van der Waals surface area contributed by atoms with E-state index >= 15 is 0 Å². The number of nitrogens with one attached hydrogen (secondary N) is 3. The number of hydrogen-bond donors (Lipinski definition) is 3. The lowest BCUT2D eigenvalue weighted by Gasteiger charge is -2.25. The summed E-state index contributed by atoms with van der Waals surface area (Å²) in [5.74, 6) is 4.67. The molecular formula is C29H31FN4O2. The summed E-state index contributed by atoms with van der Waals surface area (Å²) in [5.41, 5.74) is 4.80. The molecule has 1 aliphatic heterocycles. The maximum atomic E-state index is 14.9. The van der Waals surface area contributed by atoms with Gasteiger partial charge in [0, 0.05) is 36.6 Å². The Morgan fingerprint density at radius 3 is 2.78 bits per heavy atom. The van der Waals surface area contributed by atoms with E-state index in [2.05, 4.69) is 39.9 Å². The third-order valence-electron chi connectivity index (χ3n) is 6.05. The Balaban J connectivity index is 1.67. The number of likely N-dealkylation sites (N-methyl/N-ethyl adjacent to an activating group) is 1. The monoisotopic (exact) mass is 486 g/mol. The molecule has 0 aromatic heterocycles. The molecule has 1 unspecified atom stereocenters. The van der Waals surface area contributed by atoms with E-state index < -0.39 is 0 Å². The van der Waals surface area contributed by atoms with Crippen LogP contribution in [0.15, 0.2) is 71.2 Å². The summed E-state index contributed by atoms with van der Waals surface area (Å²) in [6, 6.07) is 5.12. The topological polar surface area (TPSA) is 73.5 Å². The third kappa shape index (κ3) is 5.84. The number of halogens is 1. The van der Waals surface area contributed by atoms with Gasteiger partial charge in [0.25, 0.3) is 11.8 Å². The minimum Gasteiger partial charge on any atom is -0.377 e. The molecule has 1 atom stereocenters. The smallest absolute Gasteiger partial charge is 0.296 e. The van der Waals surface area contributed by atoms with Gasteiger partial charge < -0.3 is 20.9 Å². The molecule has 1 heterocycles. The maximum absolute atomic E-state index is 14.9. The Kier molecular flexibility index (Phi) is 7.87. The fourth-order valence-electron chi connectivity index (χ4n) is 4.41. The number of allylic oxidation sites excluding steroid dienone is 3. The van der Waals surface area contributed by atoms with Crippen molar-refractivity contribution in [2.45, 2.75) is 32.2 Å². The summed E-state index contributed by atoms with van der Waals surface area (Å²) < 4.78 is 14.9. The SMILES string of the molecule is CCNC(=O)C#Cc1ccc2c(c1)NC(=O)/C2=C(\NC1C=CC(CN(C)C)=C(F)C1)C1=CCCC=C1. The Labute approximate surface area is 211 Å². The summed E-state index contributed by atoms with van der Waals surface area (Å²) in [6.07, 6.45) is 12.0. The van der Waals surface area contributed by atoms with Crippen LogP contribution >= 0.6 is 0 Å². The number of rotatable bonds is 6. The van der Waals surface area contributed by atoms with E-state index in [1.807, 2.05) is 50.2 Å². The average molecular weight is 487 g/mol. The van der Waals surface area contributed by atoms with E-state index in [1.54, 1.807) is 12.1 Å². The lowest BCUT2D eigenvalue weighted by Crippen LogP contribution is -2.31. The lowest BCUT2D eigenvalue weighted by atomic mass is 9.94. The van der Waals surface area contributed by atoms with Gasteiger partial charge in [-0.15, -0.1) is 0 Å². The molecule has 3 aliphatic rings. The van der Waals surface area contributed by atoms with Crippen LogP contribution in [0.5, 0.6) is 0 Å². The lowest BCUT2D eigenvalue weighted by molar-refractivity contribution is -0.115. The molecule has 7 heteroatoms. The minimum absolute atomic E-state index is 0.146. The Bertz CT molecular complexity index is 1290. The highest BCUT2D eigenvalue weighted by Crippen LogP contribution is 2.37. The number of nitrogens with zero attached hydrogens (tertiary/aromatic N) is 1. The molecule has 0 saturated heterocycles. The van der Waals surface area contributed by atoms with Crippen LogP contribution in [0.4, 0.5) is 10.1 Å². The number of carbonyl (C=O) groups excluding carboxylic acids is 2. The molecule has 2 amide bonds. The number of amides is 2. The predicted octanol–water partition coefficient (Wildman–Crippen LogP) is 3.82. The van der Waals surface area contributed by atoms with Crippen LogP contribution in [0.25, 0.3) is 5.57 Å². The predicted molar refractivity (Wildman–Crippen MR) is 141 cm³/mol. The first kappa shape index (κ1) is 25.2. The quantitative estimate of drug-likeness (QED) is 0.422. The number of fused-ring (bicyclic) bond motifs is 1. The van der Waals surface area contributed by atoms with Gasteiger partial charge in [0.15, 0.2) is 0 Å². The zero-order chi connectivity index (χ0) is 25.7. The molecule has 0 radical (unpaired) electrons. The first-order valence-electron chi connectivity index (χ1n) is 12.2. The van der Waals surface area contributed by atoms with Crippen LogP contribution in [0.3, 0.4) is 0 Å². The van der Waals surface area contributed by atoms with Crippen LogP contribution in [0, 0.1) is 11.8 Å². The number of anilines is 1. The second kappa shape index (κ2) is 11.2. The van der Waals surface area contributed by atoms with Crippen molar-refractivity contribution in [1.29, 1.82) is 0 Å². The van der Waals surface area contributed by atoms with Gasteiger partial charge >= 0.3 is 0 Å². The zero-order valence-corrected chi connectivity index (χ0v) is 20.9. The van der Waals surface area contributed by atoms with Gasteiger partial charge in [-0.2, -0.15) is 0 Å². The summed E-state index contributed by atoms with van der Waals surface area (Å²) in [7, 11) is 3.83. The molecular weight excluding hydrogens is 455 g/mol. The van der Waals surface area contributed by atoms with Crippen LogP contribution in [0.1, 0.15) is 37.3 Å². The van der Waals surface area contributed by atoms with E-state index in [0.29, 0.717) is 41.2 Å². The molecule has 0 fully saturated rings. The van der Waals surface area contributed by atoms with Crippen molar-refractivity contribution in [1.82, 2.24) is 15.5 Å². The van der Waals surface area contributed by atoms with Crippen molar-refractivity contribution >= 4 is 23.1 Å². The summed E-state index contributed by atoms with van der Waals surface area (Å²) in [6.45, 7) is 2.88. The normalized spacial score (nSPS) is 19.9. The van der Waals surface area contributed by atoms with E-state index in [1.165, 1.54) is 0 Å². The van der Waals surface area contributed by atoms with Crippen LogP contribution in [0.2, 0.25) is 0 Å².